The standard InChI is InChI=1S/C20H28F2N2O2/c21-18-5-3-16(12-19(18)22)13-23-20(25)6-4-15-2-1-9-24(14-15)17-7-10-26-11-8-17/h3,5,12,15,17H,1-2,4,6-11,13-14H2,(H,23,25). The van der Waals surface area contributed by atoms with Gasteiger partial charge in [0.05, 0.1) is 0 Å². The highest BCUT2D eigenvalue weighted by atomic mass is 19.2. The van der Waals surface area contributed by atoms with E-state index in [-0.39, 0.29) is 12.5 Å². The Labute approximate surface area is 153 Å². The second-order valence-electron chi connectivity index (χ2n) is 7.41. The van der Waals surface area contributed by atoms with Crippen molar-refractivity contribution in [3.05, 3.63) is 35.4 Å². The van der Waals surface area contributed by atoms with E-state index in [1.165, 1.54) is 18.9 Å². The van der Waals surface area contributed by atoms with E-state index in [9.17, 15) is 13.6 Å². The summed E-state index contributed by atoms with van der Waals surface area (Å²) in [5, 5.41) is 2.80. The van der Waals surface area contributed by atoms with Crippen LogP contribution in [0.15, 0.2) is 18.2 Å². The molecule has 2 aliphatic rings. The van der Waals surface area contributed by atoms with Gasteiger partial charge in [0.1, 0.15) is 0 Å². The Bertz CT molecular complexity index is 605. The average molecular weight is 366 g/mol. The number of amides is 1. The first-order valence-corrected chi connectivity index (χ1v) is 9.64. The number of benzene rings is 1. The van der Waals surface area contributed by atoms with Crippen LogP contribution in [0.1, 0.15) is 44.1 Å². The number of carbonyl (C=O) groups is 1. The lowest BCUT2D eigenvalue weighted by Crippen LogP contribution is -2.45. The van der Waals surface area contributed by atoms with Gasteiger partial charge in [-0.15, -0.1) is 0 Å². The van der Waals surface area contributed by atoms with Gasteiger partial charge in [-0.1, -0.05) is 6.07 Å². The van der Waals surface area contributed by atoms with Crippen molar-refractivity contribution in [1.82, 2.24) is 10.2 Å². The van der Waals surface area contributed by atoms with Gasteiger partial charge in [0, 0.05) is 38.8 Å². The van der Waals surface area contributed by atoms with Crippen LogP contribution in [0, 0.1) is 17.6 Å². The monoisotopic (exact) mass is 366 g/mol. The summed E-state index contributed by atoms with van der Waals surface area (Å²) < 4.78 is 31.6. The quantitative estimate of drug-likeness (QED) is 0.840. The Morgan fingerprint density at radius 1 is 1.19 bits per heavy atom. The number of hydrogen-bond donors (Lipinski definition) is 1. The minimum atomic E-state index is -0.882. The molecule has 0 bridgehead atoms. The van der Waals surface area contributed by atoms with Crippen molar-refractivity contribution in [1.29, 1.82) is 0 Å². The highest BCUT2D eigenvalue weighted by Gasteiger charge is 2.27. The molecule has 2 saturated heterocycles. The van der Waals surface area contributed by atoms with Crippen LogP contribution in [0.4, 0.5) is 8.78 Å². The first-order valence-electron chi connectivity index (χ1n) is 9.64. The van der Waals surface area contributed by atoms with Gasteiger partial charge in [0.25, 0.3) is 0 Å². The van der Waals surface area contributed by atoms with Gasteiger partial charge in [-0.25, -0.2) is 8.78 Å². The van der Waals surface area contributed by atoms with Crippen molar-refractivity contribution in [2.24, 2.45) is 5.92 Å². The molecule has 1 aromatic rings. The van der Waals surface area contributed by atoms with Crippen molar-refractivity contribution < 1.29 is 18.3 Å². The van der Waals surface area contributed by atoms with E-state index >= 15 is 0 Å². The van der Waals surface area contributed by atoms with Crippen molar-refractivity contribution in [2.45, 2.75) is 51.1 Å². The smallest absolute Gasteiger partial charge is 0.220 e. The Morgan fingerprint density at radius 3 is 2.77 bits per heavy atom. The fraction of sp³-hybridized carbons (Fsp3) is 0.650. The number of hydrogen-bond acceptors (Lipinski definition) is 3. The molecule has 0 radical (unpaired) electrons. The van der Waals surface area contributed by atoms with Crippen molar-refractivity contribution >= 4 is 5.91 Å². The van der Waals surface area contributed by atoms with Crippen LogP contribution in [0.5, 0.6) is 0 Å². The molecule has 1 aromatic carbocycles. The largest absolute Gasteiger partial charge is 0.381 e. The molecule has 0 spiro atoms. The zero-order valence-electron chi connectivity index (χ0n) is 15.2. The van der Waals surface area contributed by atoms with Crippen LogP contribution in [-0.4, -0.2) is 43.2 Å². The Balaban J connectivity index is 1.38. The third kappa shape index (κ3) is 5.48. The molecule has 144 valence electrons. The Morgan fingerprint density at radius 2 is 2.00 bits per heavy atom. The molecule has 26 heavy (non-hydrogen) atoms. The molecule has 1 N–H and O–H groups in total. The van der Waals surface area contributed by atoms with E-state index in [4.69, 9.17) is 4.74 Å². The molecule has 4 nitrogen and oxygen atoms in total. The molecule has 0 aliphatic carbocycles. The van der Waals surface area contributed by atoms with Crippen LogP contribution in [-0.2, 0) is 16.1 Å². The minimum Gasteiger partial charge on any atom is -0.381 e. The molecule has 0 saturated carbocycles. The van der Waals surface area contributed by atoms with Gasteiger partial charge in [0.2, 0.25) is 5.91 Å². The van der Waals surface area contributed by atoms with E-state index in [1.54, 1.807) is 0 Å². The lowest BCUT2D eigenvalue weighted by Gasteiger charge is -2.40. The van der Waals surface area contributed by atoms with Crippen molar-refractivity contribution in [3.8, 4) is 0 Å². The normalized spacial score (nSPS) is 22.3. The van der Waals surface area contributed by atoms with Crippen molar-refractivity contribution in [2.75, 3.05) is 26.3 Å². The summed E-state index contributed by atoms with van der Waals surface area (Å²) in [6.07, 6.45) is 5.96. The molecule has 2 heterocycles. The fourth-order valence-corrected chi connectivity index (χ4v) is 3.99. The fourth-order valence-electron chi connectivity index (χ4n) is 3.99. The second-order valence-corrected chi connectivity index (χ2v) is 7.41. The third-order valence-corrected chi connectivity index (χ3v) is 5.51. The zero-order chi connectivity index (χ0) is 18.4. The molecule has 1 unspecified atom stereocenters. The lowest BCUT2D eigenvalue weighted by molar-refractivity contribution is -0.121. The molecule has 1 amide bonds. The predicted molar refractivity (Wildman–Crippen MR) is 95.6 cm³/mol. The maximum Gasteiger partial charge on any atom is 0.220 e. The molecule has 2 aliphatic heterocycles. The highest BCUT2D eigenvalue weighted by molar-refractivity contribution is 5.75. The zero-order valence-corrected chi connectivity index (χ0v) is 15.2. The molecule has 6 heteroatoms. The number of nitrogens with zero attached hydrogens (tertiary/aromatic N) is 1. The van der Waals surface area contributed by atoms with Crippen LogP contribution < -0.4 is 5.32 Å². The second kappa shape index (κ2) is 9.42. The minimum absolute atomic E-state index is 0.0297. The number of carbonyl (C=O) groups excluding carboxylic acids is 1. The lowest BCUT2D eigenvalue weighted by atomic mass is 9.91. The Kier molecular flexibility index (Phi) is 6.97. The van der Waals surface area contributed by atoms with Crippen LogP contribution in [0.25, 0.3) is 0 Å². The first-order chi connectivity index (χ1) is 12.6. The molecular weight excluding hydrogens is 338 g/mol. The maximum atomic E-state index is 13.2. The topological polar surface area (TPSA) is 41.6 Å². The number of halogens is 2. The molecular formula is C20H28F2N2O2. The summed E-state index contributed by atoms with van der Waals surface area (Å²) in [5.41, 5.74) is 0.570. The number of nitrogens with one attached hydrogen (secondary N) is 1. The van der Waals surface area contributed by atoms with E-state index in [0.29, 0.717) is 23.9 Å². The maximum absolute atomic E-state index is 13.2. The number of rotatable bonds is 6. The average Bonchev–Trinajstić information content (AvgIpc) is 2.68. The summed E-state index contributed by atoms with van der Waals surface area (Å²) in [4.78, 5) is 14.7. The van der Waals surface area contributed by atoms with E-state index < -0.39 is 11.6 Å². The molecule has 0 aromatic heterocycles. The van der Waals surface area contributed by atoms with E-state index in [2.05, 4.69) is 10.2 Å². The van der Waals surface area contributed by atoms with Crippen LogP contribution in [0.3, 0.4) is 0 Å². The van der Waals surface area contributed by atoms with Gasteiger partial charge in [-0.05, 0) is 62.3 Å². The summed E-state index contributed by atoms with van der Waals surface area (Å²) in [5.74, 6) is -1.22. The van der Waals surface area contributed by atoms with Gasteiger partial charge < -0.3 is 10.1 Å². The van der Waals surface area contributed by atoms with Gasteiger partial charge in [0.15, 0.2) is 11.6 Å². The Hall–Kier alpha value is -1.53. The van der Waals surface area contributed by atoms with Crippen molar-refractivity contribution in [3.63, 3.8) is 0 Å². The van der Waals surface area contributed by atoms with E-state index in [1.807, 2.05) is 0 Å². The van der Waals surface area contributed by atoms with Gasteiger partial charge >= 0.3 is 0 Å². The predicted octanol–water partition coefficient (Wildman–Crippen LogP) is 3.25. The van der Waals surface area contributed by atoms with E-state index in [0.717, 1.165) is 57.7 Å². The molecule has 2 fully saturated rings. The van der Waals surface area contributed by atoms with Crippen LogP contribution in [0.2, 0.25) is 0 Å². The SMILES string of the molecule is O=C(CCC1CCCN(C2CCOCC2)C1)NCc1ccc(F)c(F)c1. The van der Waals surface area contributed by atoms with Gasteiger partial charge in [-0.2, -0.15) is 0 Å². The summed E-state index contributed by atoms with van der Waals surface area (Å²) >= 11 is 0. The number of ether oxygens (including phenoxy) is 1. The molecule has 1 atom stereocenters. The summed E-state index contributed by atoms with van der Waals surface area (Å²) in [7, 11) is 0. The molecule has 3 rings (SSSR count). The van der Waals surface area contributed by atoms with Gasteiger partial charge in [-0.3, -0.25) is 9.69 Å². The summed E-state index contributed by atoms with van der Waals surface area (Å²) in [6, 6.07) is 4.34. The third-order valence-electron chi connectivity index (χ3n) is 5.51. The summed E-state index contributed by atoms with van der Waals surface area (Å²) in [6.45, 7) is 4.18. The van der Waals surface area contributed by atoms with Crippen LogP contribution >= 0.6 is 0 Å². The number of likely N-dealkylation sites (tertiary alicyclic amines) is 1. The number of piperidine rings is 1. The highest BCUT2D eigenvalue weighted by Crippen LogP contribution is 2.25. The first kappa shape index (κ1) is 19.2.